The van der Waals surface area contributed by atoms with Crippen LogP contribution >= 0.6 is 36.5 Å². The van der Waals surface area contributed by atoms with Crippen molar-refractivity contribution in [3.05, 3.63) is 100 Å². The molecule has 0 saturated carbocycles. The number of nitrogens with zero attached hydrogens (tertiary/aromatic N) is 3. The monoisotopic (exact) mass is 581 g/mol. The number of rotatable bonds is 5. The lowest BCUT2D eigenvalue weighted by Crippen LogP contribution is -1.89. The molecular formula is C27H21F2N5O2S3. The van der Waals surface area contributed by atoms with Gasteiger partial charge >= 0.3 is 0 Å². The number of anilines is 1. The van der Waals surface area contributed by atoms with Crippen LogP contribution in [0, 0.1) is 23.2 Å². The molecule has 0 bridgehead atoms. The molecule has 198 valence electrons. The van der Waals surface area contributed by atoms with Crippen molar-refractivity contribution in [2.45, 2.75) is 6.92 Å². The molecule has 2 aromatic carbocycles. The minimum atomic E-state index is -0.916. The van der Waals surface area contributed by atoms with E-state index < -0.39 is 11.6 Å². The van der Waals surface area contributed by atoms with Crippen molar-refractivity contribution in [3.8, 4) is 33.3 Å². The highest BCUT2D eigenvalue weighted by Crippen LogP contribution is 2.37. The molecule has 0 aliphatic heterocycles. The summed E-state index contributed by atoms with van der Waals surface area (Å²) in [6, 6.07) is 16.1. The number of phenols is 1. The Morgan fingerprint density at radius 3 is 2.64 bits per heavy atom. The molecule has 0 saturated heterocycles. The zero-order valence-corrected chi connectivity index (χ0v) is 22.8. The lowest BCUT2D eigenvalue weighted by molar-refractivity contribution is 0.451. The molecule has 3 heterocycles. The predicted octanol–water partition coefficient (Wildman–Crippen LogP) is 7.46. The van der Waals surface area contributed by atoms with Crippen LogP contribution in [0.15, 0.2) is 78.0 Å². The number of hydrogen-bond acceptors (Lipinski definition) is 9. The van der Waals surface area contributed by atoms with Crippen molar-refractivity contribution in [1.82, 2.24) is 15.0 Å². The van der Waals surface area contributed by atoms with Crippen molar-refractivity contribution in [3.63, 3.8) is 0 Å². The number of aromatic hydroxyl groups is 1. The standard InChI is InChI=1S/C14H9F2N3S.C13H12N2O2S2/c15-9-5-4-8(7-10(9)16)12-13(20-14(17)19-12)11-3-1-2-6-18-11;1-8-5-10(7-15-13(8)18)14-6-9-3-2-4-11(17-19)12(9)16/h1-7H,(H2,17,19);2-7,16,19H,1H3,(H,15,18). The van der Waals surface area contributed by atoms with Crippen LogP contribution in [0.3, 0.4) is 0 Å². The van der Waals surface area contributed by atoms with Crippen molar-refractivity contribution in [2.24, 2.45) is 4.99 Å². The molecule has 0 aliphatic rings. The minimum Gasteiger partial charge on any atom is -0.504 e. The number of aromatic nitrogens is 3. The molecule has 0 radical (unpaired) electrons. The van der Waals surface area contributed by atoms with Gasteiger partial charge in [0, 0.05) is 42.6 Å². The molecule has 12 heteroatoms. The minimum absolute atomic E-state index is 0.00170. The Hall–Kier alpha value is -4.13. The summed E-state index contributed by atoms with van der Waals surface area (Å²) in [4.78, 5) is 16.4. The predicted molar refractivity (Wildman–Crippen MR) is 156 cm³/mol. The normalized spacial score (nSPS) is 10.8. The van der Waals surface area contributed by atoms with Crippen LogP contribution in [0.4, 0.5) is 19.6 Å². The maximum atomic E-state index is 13.4. The zero-order valence-electron chi connectivity index (χ0n) is 20.3. The van der Waals surface area contributed by atoms with Gasteiger partial charge in [-0.3, -0.25) is 9.98 Å². The van der Waals surface area contributed by atoms with E-state index in [1.54, 1.807) is 42.9 Å². The van der Waals surface area contributed by atoms with Crippen molar-refractivity contribution in [1.29, 1.82) is 0 Å². The molecule has 7 nitrogen and oxygen atoms in total. The maximum Gasteiger partial charge on any atom is 0.181 e. The van der Waals surface area contributed by atoms with Crippen molar-refractivity contribution < 1.29 is 18.1 Å². The number of nitrogens with one attached hydrogen (secondary N) is 1. The van der Waals surface area contributed by atoms with Gasteiger partial charge in [-0.05, 0) is 61.0 Å². The number of aromatic amines is 1. The molecular weight excluding hydrogens is 561 g/mol. The number of hydrogen-bond donors (Lipinski definition) is 4. The number of phenolic OH excluding ortho intramolecular Hbond substituents is 1. The average molecular weight is 582 g/mol. The molecule has 5 aromatic rings. The Kier molecular flexibility index (Phi) is 9.02. The van der Waals surface area contributed by atoms with Gasteiger partial charge in [-0.25, -0.2) is 13.8 Å². The summed E-state index contributed by atoms with van der Waals surface area (Å²) in [5.74, 6) is -1.52. The van der Waals surface area contributed by atoms with E-state index in [0.29, 0.717) is 32.3 Å². The van der Waals surface area contributed by atoms with E-state index in [2.05, 4.69) is 32.9 Å². The fraction of sp³-hybridized carbons (Fsp3) is 0.0370. The lowest BCUT2D eigenvalue weighted by atomic mass is 10.1. The zero-order chi connectivity index (χ0) is 27.9. The maximum absolute atomic E-state index is 13.4. The summed E-state index contributed by atoms with van der Waals surface area (Å²) in [6.45, 7) is 1.91. The Balaban J connectivity index is 0.000000181. The third kappa shape index (κ3) is 6.85. The highest BCUT2D eigenvalue weighted by Gasteiger charge is 2.16. The number of thiazole rings is 1. The summed E-state index contributed by atoms with van der Waals surface area (Å²) in [6.07, 6.45) is 4.92. The first-order chi connectivity index (χ1) is 18.8. The smallest absolute Gasteiger partial charge is 0.181 e. The van der Waals surface area contributed by atoms with Gasteiger partial charge in [-0.2, -0.15) is 0 Å². The Morgan fingerprint density at radius 2 is 1.95 bits per heavy atom. The molecule has 0 fully saturated rings. The molecule has 0 spiro atoms. The van der Waals surface area contributed by atoms with Gasteiger partial charge in [0.25, 0.3) is 0 Å². The molecule has 5 rings (SSSR count). The second-order valence-electron chi connectivity index (χ2n) is 7.99. The van der Waals surface area contributed by atoms with Crippen LogP contribution < -0.4 is 9.92 Å². The highest BCUT2D eigenvalue weighted by atomic mass is 32.1. The van der Waals surface area contributed by atoms with Gasteiger partial charge in [0.2, 0.25) is 0 Å². The van der Waals surface area contributed by atoms with Gasteiger partial charge < -0.3 is 20.0 Å². The van der Waals surface area contributed by atoms with Gasteiger partial charge in [0.15, 0.2) is 28.3 Å². The van der Waals surface area contributed by atoms with E-state index in [4.69, 9.17) is 22.1 Å². The van der Waals surface area contributed by atoms with Crippen LogP contribution in [0.5, 0.6) is 11.5 Å². The first-order valence-electron chi connectivity index (χ1n) is 11.3. The summed E-state index contributed by atoms with van der Waals surface area (Å²) >= 11 is 10.0. The Labute approximate surface area is 237 Å². The first-order valence-corrected chi connectivity index (χ1v) is 12.9. The van der Waals surface area contributed by atoms with Crippen LogP contribution in [0.2, 0.25) is 0 Å². The van der Waals surface area contributed by atoms with Crippen LogP contribution in [0.25, 0.3) is 21.8 Å². The molecule has 0 unspecified atom stereocenters. The number of thiol groups is 1. The number of nitrogen functional groups attached to an aromatic ring is 1. The number of H-pyrrole nitrogens is 1. The van der Waals surface area contributed by atoms with E-state index in [0.717, 1.165) is 28.3 Å². The van der Waals surface area contributed by atoms with Gasteiger partial charge in [-0.15, -0.1) is 0 Å². The summed E-state index contributed by atoms with van der Waals surface area (Å²) < 4.78 is 31.8. The number of benzene rings is 2. The van der Waals surface area contributed by atoms with Gasteiger partial charge in [-0.1, -0.05) is 35.7 Å². The first kappa shape index (κ1) is 27.9. The van der Waals surface area contributed by atoms with E-state index in [-0.39, 0.29) is 11.5 Å². The van der Waals surface area contributed by atoms with Crippen LogP contribution in [-0.4, -0.2) is 26.3 Å². The lowest BCUT2D eigenvalue weighted by Gasteiger charge is -2.03. The van der Waals surface area contributed by atoms with Gasteiger partial charge in [0.05, 0.1) is 22.0 Å². The quantitative estimate of drug-likeness (QED) is 0.0742. The third-order valence-electron chi connectivity index (χ3n) is 5.29. The number of nitrogens with two attached hydrogens (primary N) is 1. The number of pyridine rings is 2. The second kappa shape index (κ2) is 12.6. The summed E-state index contributed by atoms with van der Waals surface area (Å²) in [7, 11) is 0. The molecule has 3 aromatic heterocycles. The Bertz CT molecular complexity index is 1690. The van der Waals surface area contributed by atoms with E-state index in [9.17, 15) is 13.9 Å². The van der Waals surface area contributed by atoms with Gasteiger partial charge in [0.1, 0.15) is 4.64 Å². The topological polar surface area (TPSA) is 109 Å². The molecule has 0 amide bonds. The summed E-state index contributed by atoms with van der Waals surface area (Å²) in [5, 5.41) is 10.2. The molecule has 39 heavy (non-hydrogen) atoms. The SMILES string of the molecule is Cc1cc(N=Cc2cccc(OS)c2O)c[nH]c1=S.Nc1nc(-c2ccc(F)c(F)c2)c(-c2ccccn2)s1. The van der Waals surface area contributed by atoms with Crippen LogP contribution in [-0.2, 0) is 0 Å². The van der Waals surface area contributed by atoms with Crippen molar-refractivity contribution >= 4 is 53.5 Å². The fourth-order valence-corrected chi connectivity index (χ4v) is 4.46. The number of aryl methyl sites for hydroxylation is 1. The molecule has 4 N–H and O–H groups in total. The fourth-order valence-electron chi connectivity index (χ4n) is 3.36. The van der Waals surface area contributed by atoms with Crippen LogP contribution in [0.1, 0.15) is 11.1 Å². The third-order valence-corrected chi connectivity index (χ3v) is 6.83. The summed E-state index contributed by atoms with van der Waals surface area (Å²) in [5.41, 5.74) is 9.62. The van der Waals surface area contributed by atoms with E-state index in [1.807, 2.05) is 25.1 Å². The molecule has 0 aliphatic carbocycles. The van der Waals surface area contributed by atoms with E-state index in [1.165, 1.54) is 17.4 Å². The van der Waals surface area contributed by atoms with E-state index >= 15 is 0 Å². The molecule has 0 atom stereocenters. The average Bonchev–Trinajstić information content (AvgIpc) is 3.34. The van der Waals surface area contributed by atoms with Crippen molar-refractivity contribution in [2.75, 3.05) is 5.73 Å². The second-order valence-corrected chi connectivity index (χ2v) is 9.61. The Morgan fingerprint density at radius 1 is 1.13 bits per heavy atom. The highest BCUT2D eigenvalue weighted by molar-refractivity contribution is 7.75. The number of para-hydroxylation sites is 1. The number of halogens is 2. The largest absolute Gasteiger partial charge is 0.504 e. The number of aliphatic imine (C=N–C) groups is 1.